The third-order valence-corrected chi connectivity index (χ3v) is 4.54. The molecule has 0 aliphatic carbocycles. The lowest BCUT2D eigenvalue weighted by Crippen LogP contribution is -1.95. The highest BCUT2D eigenvalue weighted by Gasteiger charge is 2.13. The van der Waals surface area contributed by atoms with Crippen molar-refractivity contribution in [2.75, 3.05) is 7.11 Å². The summed E-state index contributed by atoms with van der Waals surface area (Å²) in [4.78, 5) is 2.85. The van der Waals surface area contributed by atoms with Gasteiger partial charge in [-0.15, -0.1) is 0 Å². The normalized spacial score (nSPS) is 10.3. The van der Waals surface area contributed by atoms with Crippen molar-refractivity contribution in [3.8, 4) is 28.0 Å². The lowest BCUT2D eigenvalue weighted by atomic mass is 9.92. The van der Waals surface area contributed by atoms with Crippen molar-refractivity contribution >= 4 is 23.2 Å². The molecule has 0 aromatic heterocycles. The molecule has 0 atom stereocenters. The molecule has 0 bridgehead atoms. The Bertz CT molecular complexity index is 964. The molecule has 3 rings (SSSR count). The first-order valence-electron chi connectivity index (χ1n) is 7.86. The molecular weight excluding hydrogens is 369 g/mol. The quantitative estimate of drug-likeness (QED) is 0.262. The number of methoxy groups -OCH3 is 1. The van der Waals surface area contributed by atoms with Crippen LogP contribution in [0.4, 0.5) is 0 Å². The van der Waals surface area contributed by atoms with Crippen LogP contribution in [0.5, 0.6) is 5.75 Å². The van der Waals surface area contributed by atoms with Crippen molar-refractivity contribution in [3.05, 3.63) is 86.7 Å². The van der Waals surface area contributed by atoms with Gasteiger partial charge in [-0.05, 0) is 64.2 Å². The fourth-order valence-electron chi connectivity index (χ4n) is 2.78. The summed E-state index contributed by atoms with van der Waals surface area (Å²) in [6.07, 6.45) is 0. The minimum atomic E-state index is 0.209. The maximum atomic E-state index is 8.66. The van der Waals surface area contributed by atoms with Crippen molar-refractivity contribution in [1.82, 2.24) is 0 Å². The van der Waals surface area contributed by atoms with Crippen LogP contribution in [0, 0.1) is 0 Å². The molecule has 0 spiro atoms. The molecular formula is C20H15Cl2N3O. The third-order valence-electron chi connectivity index (χ3n) is 4.04. The Balaban J connectivity index is 2.24. The third kappa shape index (κ3) is 3.94. The van der Waals surface area contributed by atoms with Gasteiger partial charge in [0.1, 0.15) is 5.75 Å². The predicted molar refractivity (Wildman–Crippen MR) is 107 cm³/mol. The first-order valence-corrected chi connectivity index (χ1v) is 8.61. The van der Waals surface area contributed by atoms with Gasteiger partial charge in [-0.25, -0.2) is 0 Å². The molecule has 3 aromatic carbocycles. The Hall–Kier alpha value is -2.65. The van der Waals surface area contributed by atoms with E-state index in [4.69, 9.17) is 33.5 Å². The number of ether oxygens (including phenoxy) is 1. The van der Waals surface area contributed by atoms with E-state index < -0.39 is 0 Å². The van der Waals surface area contributed by atoms with Crippen LogP contribution in [-0.4, -0.2) is 7.11 Å². The molecule has 4 nitrogen and oxygen atoms in total. The van der Waals surface area contributed by atoms with Gasteiger partial charge in [-0.1, -0.05) is 52.6 Å². The lowest BCUT2D eigenvalue weighted by Gasteiger charge is -2.16. The molecule has 0 unspecified atom stereocenters. The Labute approximate surface area is 161 Å². The molecule has 0 fully saturated rings. The van der Waals surface area contributed by atoms with E-state index in [2.05, 4.69) is 10.0 Å². The first kappa shape index (κ1) is 18.2. The minimum absolute atomic E-state index is 0.209. The van der Waals surface area contributed by atoms with Gasteiger partial charge in [-0.3, -0.25) is 0 Å². The van der Waals surface area contributed by atoms with Crippen LogP contribution in [-0.2, 0) is 6.54 Å². The maximum absolute atomic E-state index is 8.66. The van der Waals surface area contributed by atoms with E-state index in [1.54, 1.807) is 7.11 Å². The molecule has 0 saturated carbocycles. The summed E-state index contributed by atoms with van der Waals surface area (Å²) in [6.45, 7) is 0.209. The van der Waals surface area contributed by atoms with Crippen LogP contribution in [0.2, 0.25) is 10.0 Å². The van der Waals surface area contributed by atoms with Crippen LogP contribution in [0.15, 0.2) is 65.8 Å². The van der Waals surface area contributed by atoms with E-state index in [9.17, 15) is 0 Å². The summed E-state index contributed by atoms with van der Waals surface area (Å²) in [6, 6.07) is 19.2. The zero-order valence-corrected chi connectivity index (χ0v) is 15.5. The summed E-state index contributed by atoms with van der Waals surface area (Å²) in [7, 11) is 1.60. The lowest BCUT2D eigenvalue weighted by molar-refractivity contribution is 0.410. The van der Waals surface area contributed by atoms with Gasteiger partial charge >= 0.3 is 0 Å². The van der Waals surface area contributed by atoms with Crippen molar-refractivity contribution in [2.24, 2.45) is 5.11 Å². The van der Waals surface area contributed by atoms with Crippen LogP contribution in [0.3, 0.4) is 0 Å². The largest absolute Gasteiger partial charge is 0.496 e. The highest BCUT2D eigenvalue weighted by Crippen LogP contribution is 2.38. The Morgan fingerprint density at radius 1 is 0.885 bits per heavy atom. The Kier molecular flexibility index (Phi) is 5.69. The molecule has 130 valence electrons. The number of benzene rings is 3. The van der Waals surface area contributed by atoms with E-state index in [1.807, 2.05) is 60.7 Å². The van der Waals surface area contributed by atoms with Gasteiger partial charge in [0.2, 0.25) is 0 Å². The zero-order valence-electron chi connectivity index (χ0n) is 14.0. The van der Waals surface area contributed by atoms with Gasteiger partial charge in [0, 0.05) is 20.5 Å². The van der Waals surface area contributed by atoms with Crippen molar-refractivity contribution in [1.29, 1.82) is 0 Å². The number of hydrogen-bond donors (Lipinski definition) is 0. The summed E-state index contributed by atoms with van der Waals surface area (Å²) >= 11 is 12.1. The second-order valence-electron chi connectivity index (χ2n) is 5.61. The molecule has 3 aromatic rings. The van der Waals surface area contributed by atoms with Crippen LogP contribution >= 0.6 is 23.2 Å². The summed E-state index contributed by atoms with van der Waals surface area (Å²) in [5, 5.41) is 5.02. The molecule has 6 heteroatoms. The second kappa shape index (κ2) is 8.15. The van der Waals surface area contributed by atoms with Crippen molar-refractivity contribution in [3.63, 3.8) is 0 Å². The highest BCUT2D eigenvalue weighted by atomic mass is 35.5. The smallest absolute Gasteiger partial charge is 0.122 e. The van der Waals surface area contributed by atoms with E-state index in [-0.39, 0.29) is 6.54 Å². The van der Waals surface area contributed by atoms with Crippen LogP contribution < -0.4 is 4.74 Å². The van der Waals surface area contributed by atoms with Crippen LogP contribution in [0.25, 0.3) is 32.7 Å². The van der Waals surface area contributed by atoms with Crippen LogP contribution in [0.1, 0.15) is 5.56 Å². The molecule has 0 aliphatic rings. The maximum Gasteiger partial charge on any atom is 0.122 e. The SMILES string of the molecule is COc1cc(-c2ccc(Cl)cc2)c(-c2ccc(Cl)cc2)cc1CN=[N+]=[N-]. The molecule has 26 heavy (non-hydrogen) atoms. The number of rotatable bonds is 5. The molecule has 0 radical (unpaired) electrons. The molecule has 0 heterocycles. The van der Waals surface area contributed by atoms with Gasteiger partial charge in [0.05, 0.1) is 13.7 Å². The van der Waals surface area contributed by atoms with E-state index in [1.165, 1.54) is 0 Å². The van der Waals surface area contributed by atoms with Crippen molar-refractivity contribution < 1.29 is 4.74 Å². The van der Waals surface area contributed by atoms with E-state index in [0.717, 1.165) is 27.8 Å². The van der Waals surface area contributed by atoms with E-state index in [0.29, 0.717) is 15.8 Å². The molecule has 0 N–H and O–H groups in total. The summed E-state index contributed by atoms with van der Waals surface area (Å²) < 4.78 is 5.51. The Morgan fingerprint density at radius 2 is 1.38 bits per heavy atom. The topological polar surface area (TPSA) is 58.0 Å². The fraction of sp³-hybridized carbons (Fsp3) is 0.100. The van der Waals surface area contributed by atoms with Gasteiger partial charge in [-0.2, -0.15) is 0 Å². The standard InChI is InChI=1S/C20H15Cl2N3O/c1-26-20-11-19(14-4-8-17(22)9-5-14)18(10-15(20)12-24-25-23)13-2-6-16(21)7-3-13/h2-11H,12H2,1H3. The number of halogens is 2. The van der Waals surface area contributed by atoms with Gasteiger partial charge in [0.25, 0.3) is 0 Å². The summed E-state index contributed by atoms with van der Waals surface area (Å²) in [5.74, 6) is 0.667. The Morgan fingerprint density at radius 3 is 1.85 bits per heavy atom. The van der Waals surface area contributed by atoms with Gasteiger partial charge in [0.15, 0.2) is 0 Å². The number of hydrogen-bond acceptors (Lipinski definition) is 2. The minimum Gasteiger partial charge on any atom is -0.496 e. The fourth-order valence-corrected chi connectivity index (χ4v) is 3.03. The predicted octanol–water partition coefficient (Wildman–Crippen LogP) is 7.15. The highest BCUT2D eigenvalue weighted by molar-refractivity contribution is 6.31. The number of nitrogens with zero attached hydrogens (tertiary/aromatic N) is 3. The summed E-state index contributed by atoms with van der Waals surface area (Å²) in [5.41, 5.74) is 13.5. The average Bonchev–Trinajstić information content (AvgIpc) is 2.67. The second-order valence-corrected chi connectivity index (χ2v) is 6.49. The molecule has 0 saturated heterocycles. The van der Waals surface area contributed by atoms with E-state index >= 15 is 0 Å². The molecule has 0 amide bonds. The van der Waals surface area contributed by atoms with Crippen molar-refractivity contribution in [2.45, 2.75) is 6.54 Å². The average molecular weight is 384 g/mol. The number of azide groups is 1. The van der Waals surface area contributed by atoms with Gasteiger partial charge < -0.3 is 4.74 Å². The zero-order chi connectivity index (χ0) is 18.5. The monoisotopic (exact) mass is 383 g/mol. The molecule has 0 aliphatic heterocycles. The first-order chi connectivity index (χ1) is 12.6.